The van der Waals surface area contributed by atoms with E-state index >= 15 is 0 Å². The molecule has 0 aromatic heterocycles. The highest BCUT2D eigenvalue weighted by Crippen LogP contribution is 2.15. The number of aliphatic hydroxyl groups is 1. The van der Waals surface area contributed by atoms with Crippen molar-refractivity contribution in [3.63, 3.8) is 0 Å². The van der Waals surface area contributed by atoms with Crippen molar-refractivity contribution in [3.05, 3.63) is 0 Å². The van der Waals surface area contributed by atoms with Gasteiger partial charge in [0.25, 0.3) is 0 Å². The Kier molecular flexibility index (Phi) is 6.82. The minimum absolute atomic E-state index is 0.103. The number of rotatable bonds is 7. The summed E-state index contributed by atoms with van der Waals surface area (Å²) in [6.07, 6.45) is 0. The number of hydrogen-bond donors (Lipinski definition) is 2. The molecule has 0 saturated carbocycles. The number of likely N-dealkylation sites (N-methyl/N-ethyl adjacent to an activating group) is 1. The van der Waals surface area contributed by atoms with Gasteiger partial charge in [0, 0.05) is 11.3 Å². The summed E-state index contributed by atoms with van der Waals surface area (Å²) < 4.78 is 0. The van der Waals surface area contributed by atoms with Gasteiger partial charge in [-0.15, -0.1) is 0 Å². The minimum Gasteiger partial charge on any atom is -0.394 e. The summed E-state index contributed by atoms with van der Waals surface area (Å²) in [5.41, 5.74) is -0.103. The molecule has 0 fully saturated rings. The maximum absolute atomic E-state index is 9.21. The van der Waals surface area contributed by atoms with Crippen molar-refractivity contribution in [1.29, 1.82) is 0 Å². The van der Waals surface area contributed by atoms with Crippen LogP contribution in [0.1, 0.15) is 27.7 Å². The van der Waals surface area contributed by atoms with Gasteiger partial charge in [-0.3, -0.25) is 0 Å². The van der Waals surface area contributed by atoms with Crippen LogP contribution in [-0.2, 0) is 0 Å². The first-order valence-corrected chi connectivity index (χ1v) is 6.13. The van der Waals surface area contributed by atoms with Gasteiger partial charge in [0.15, 0.2) is 0 Å². The molecule has 0 amide bonds. The Morgan fingerprint density at radius 3 is 2.46 bits per heavy atom. The van der Waals surface area contributed by atoms with Gasteiger partial charge in [0.05, 0.1) is 6.61 Å². The van der Waals surface area contributed by atoms with Crippen LogP contribution in [-0.4, -0.2) is 35.3 Å². The van der Waals surface area contributed by atoms with Gasteiger partial charge in [-0.05, 0) is 25.1 Å². The molecule has 80 valence electrons. The lowest BCUT2D eigenvalue weighted by atomic mass is 10.1. The lowest BCUT2D eigenvalue weighted by Gasteiger charge is -2.28. The van der Waals surface area contributed by atoms with Gasteiger partial charge < -0.3 is 10.4 Å². The van der Waals surface area contributed by atoms with Crippen LogP contribution >= 0.6 is 11.8 Å². The normalized spacial score (nSPS) is 16.2. The third-order valence-corrected chi connectivity index (χ3v) is 3.57. The van der Waals surface area contributed by atoms with Crippen molar-refractivity contribution in [3.8, 4) is 0 Å². The van der Waals surface area contributed by atoms with Gasteiger partial charge in [0.2, 0.25) is 0 Å². The smallest absolute Gasteiger partial charge is 0.0618 e. The van der Waals surface area contributed by atoms with E-state index in [9.17, 15) is 5.11 Å². The second-order valence-corrected chi connectivity index (χ2v) is 5.19. The number of hydrogen-bond acceptors (Lipinski definition) is 3. The molecule has 3 heteroatoms. The standard InChI is InChI=1S/C10H23NOS/c1-5-11-10(4,7-12)8-13-6-9(2)3/h9,11-12H,5-8H2,1-4H3. The number of aliphatic hydroxyl groups excluding tert-OH is 1. The quantitative estimate of drug-likeness (QED) is 0.664. The first kappa shape index (κ1) is 13.3. The SMILES string of the molecule is CCNC(C)(CO)CSCC(C)C. The Labute approximate surface area is 86.5 Å². The first-order chi connectivity index (χ1) is 6.04. The van der Waals surface area contributed by atoms with E-state index in [1.807, 2.05) is 11.8 Å². The fraction of sp³-hybridized carbons (Fsp3) is 1.00. The molecule has 2 nitrogen and oxygen atoms in total. The van der Waals surface area contributed by atoms with Crippen molar-refractivity contribution in [2.75, 3.05) is 24.7 Å². The largest absolute Gasteiger partial charge is 0.394 e. The summed E-state index contributed by atoms with van der Waals surface area (Å²) in [4.78, 5) is 0. The monoisotopic (exact) mass is 205 g/mol. The van der Waals surface area contributed by atoms with Crippen LogP contribution in [0.5, 0.6) is 0 Å². The molecule has 0 aliphatic carbocycles. The molecule has 0 heterocycles. The molecule has 1 atom stereocenters. The van der Waals surface area contributed by atoms with Crippen LogP contribution in [0.25, 0.3) is 0 Å². The highest BCUT2D eigenvalue weighted by Gasteiger charge is 2.21. The Balaban J connectivity index is 3.69. The summed E-state index contributed by atoms with van der Waals surface area (Å²) in [6.45, 7) is 9.71. The molecule has 0 aromatic rings. The minimum atomic E-state index is -0.103. The number of nitrogens with one attached hydrogen (secondary N) is 1. The predicted octanol–water partition coefficient (Wildman–Crippen LogP) is 1.74. The molecule has 1 unspecified atom stereocenters. The van der Waals surface area contributed by atoms with E-state index < -0.39 is 0 Å². The molecular formula is C10H23NOS. The Morgan fingerprint density at radius 2 is 2.08 bits per heavy atom. The van der Waals surface area contributed by atoms with Gasteiger partial charge in [0.1, 0.15) is 0 Å². The molecule has 0 spiro atoms. The van der Waals surface area contributed by atoms with Crippen molar-refractivity contribution < 1.29 is 5.11 Å². The summed E-state index contributed by atoms with van der Waals surface area (Å²) >= 11 is 1.91. The highest BCUT2D eigenvalue weighted by molar-refractivity contribution is 7.99. The van der Waals surface area contributed by atoms with Crippen LogP contribution in [0.4, 0.5) is 0 Å². The second-order valence-electron chi connectivity index (χ2n) is 4.16. The Bertz CT molecular complexity index is 130. The van der Waals surface area contributed by atoms with Crippen LogP contribution in [0.3, 0.4) is 0 Å². The summed E-state index contributed by atoms with van der Waals surface area (Å²) in [6, 6.07) is 0. The van der Waals surface area contributed by atoms with E-state index in [0.717, 1.165) is 18.2 Å². The van der Waals surface area contributed by atoms with Crippen LogP contribution in [0.15, 0.2) is 0 Å². The average Bonchev–Trinajstić information content (AvgIpc) is 2.04. The Morgan fingerprint density at radius 1 is 1.46 bits per heavy atom. The lowest BCUT2D eigenvalue weighted by Crippen LogP contribution is -2.48. The second kappa shape index (κ2) is 6.68. The third-order valence-electron chi connectivity index (χ3n) is 1.82. The van der Waals surface area contributed by atoms with E-state index in [1.165, 1.54) is 5.75 Å². The van der Waals surface area contributed by atoms with Gasteiger partial charge >= 0.3 is 0 Å². The third kappa shape index (κ3) is 6.36. The van der Waals surface area contributed by atoms with Gasteiger partial charge in [-0.2, -0.15) is 11.8 Å². The first-order valence-electron chi connectivity index (χ1n) is 4.97. The molecule has 0 saturated heterocycles. The maximum atomic E-state index is 9.21. The van der Waals surface area contributed by atoms with Crippen LogP contribution in [0.2, 0.25) is 0 Å². The molecule has 13 heavy (non-hydrogen) atoms. The fourth-order valence-corrected chi connectivity index (χ4v) is 2.33. The van der Waals surface area contributed by atoms with Gasteiger partial charge in [-0.25, -0.2) is 0 Å². The van der Waals surface area contributed by atoms with Crippen molar-refractivity contribution >= 4 is 11.8 Å². The molecule has 0 radical (unpaired) electrons. The zero-order chi connectivity index (χ0) is 10.3. The molecule has 0 aliphatic rings. The summed E-state index contributed by atoms with van der Waals surface area (Å²) in [5, 5.41) is 12.5. The highest BCUT2D eigenvalue weighted by atomic mass is 32.2. The van der Waals surface area contributed by atoms with E-state index in [2.05, 4.69) is 33.0 Å². The number of thioether (sulfide) groups is 1. The summed E-state index contributed by atoms with van der Waals surface area (Å²) in [5.74, 6) is 2.88. The van der Waals surface area contributed by atoms with Crippen molar-refractivity contribution in [2.45, 2.75) is 33.2 Å². The van der Waals surface area contributed by atoms with Crippen molar-refractivity contribution in [1.82, 2.24) is 5.32 Å². The summed E-state index contributed by atoms with van der Waals surface area (Å²) in [7, 11) is 0. The molecular weight excluding hydrogens is 182 g/mol. The zero-order valence-corrected chi connectivity index (χ0v) is 10.1. The fourth-order valence-electron chi connectivity index (χ4n) is 1.10. The van der Waals surface area contributed by atoms with Crippen LogP contribution < -0.4 is 5.32 Å². The van der Waals surface area contributed by atoms with E-state index in [1.54, 1.807) is 0 Å². The lowest BCUT2D eigenvalue weighted by molar-refractivity contribution is 0.194. The van der Waals surface area contributed by atoms with E-state index in [-0.39, 0.29) is 12.1 Å². The molecule has 0 aliphatic heterocycles. The maximum Gasteiger partial charge on any atom is 0.0618 e. The molecule has 0 aromatic carbocycles. The molecule has 0 rings (SSSR count). The van der Waals surface area contributed by atoms with Gasteiger partial charge in [-0.1, -0.05) is 20.8 Å². The van der Waals surface area contributed by atoms with Crippen LogP contribution in [0, 0.1) is 5.92 Å². The zero-order valence-electron chi connectivity index (χ0n) is 9.26. The van der Waals surface area contributed by atoms with E-state index in [0.29, 0.717) is 0 Å². The van der Waals surface area contributed by atoms with E-state index in [4.69, 9.17) is 0 Å². The predicted molar refractivity (Wildman–Crippen MR) is 61.3 cm³/mol. The van der Waals surface area contributed by atoms with Crippen molar-refractivity contribution in [2.24, 2.45) is 5.92 Å². The Hall–Kier alpha value is 0.270. The topological polar surface area (TPSA) is 32.3 Å². The molecule has 0 bridgehead atoms. The molecule has 2 N–H and O–H groups in total. The average molecular weight is 205 g/mol.